The lowest BCUT2D eigenvalue weighted by Crippen LogP contribution is -2.52. The van der Waals surface area contributed by atoms with Gasteiger partial charge < -0.3 is 0 Å². The van der Waals surface area contributed by atoms with E-state index in [1.165, 1.54) is 11.1 Å². The van der Waals surface area contributed by atoms with E-state index in [4.69, 9.17) is 0 Å². The molecule has 0 radical (unpaired) electrons. The molecule has 0 aromatic rings. The normalized spacial score (nSPS) is 41.2. The van der Waals surface area contributed by atoms with Gasteiger partial charge in [-0.15, -0.1) is 0 Å². The lowest BCUT2D eigenvalue weighted by Gasteiger charge is -2.56. The van der Waals surface area contributed by atoms with Gasteiger partial charge in [0.05, 0.1) is 0 Å². The lowest BCUT2D eigenvalue weighted by molar-refractivity contribution is -0.134. The molecule has 0 aromatic carbocycles. The number of hydrogen-bond acceptors (Lipinski definition) is 2. The predicted molar refractivity (Wildman–Crippen MR) is 123 cm³/mol. The Kier molecular flexibility index (Phi) is 5.52. The lowest BCUT2D eigenvalue weighted by atomic mass is 9.47. The molecule has 0 aromatic heterocycles. The molecule has 4 aliphatic rings. The van der Waals surface area contributed by atoms with Crippen molar-refractivity contribution in [1.29, 1.82) is 0 Å². The Morgan fingerprint density at radius 3 is 2.60 bits per heavy atom. The fraction of sp³-hybridized carbons (Fsp3) is 0.714. The van der Waals surface area contributed by atoms with Crippen LogP contribution in [0.1, 0.15) is 79.6 Å². The van der Waals surface area contributed by atoms with E-state index in [1.807, 2.05) is 6.08 Å². The largest absolute Gasteiger partial charge is 0.299 e. The highest BCUT2D eigenvalue weighted by molar-refractivity contribution is 5.96. The van der Waals surface area contributed by atoms with E-state index >= 15 is 0 Å². The molecule has 4 aliphatic carbocycles. The summed E-state index contributed by atoms with van der Waals surface area (Å²) in [7, 11) is 0. The van der Waals surface area contributed by atoms with Crippen LogP contribution < -0.4 is 0 Å². The molecule has 0 heterocycles. The molecule has 30 heavy (non-hydrogen) atoms. The highest BCUT2D eigenvalue weighted by atomic mass is 16.1. The van der Waals surface area contributed by atoms with Crippen molar-refractivity contribution in [2.75, 3.05) is 0 Å². The molecule has 0 aliphatic heterocycles. The zero-order chi connectivity index (χ0) is 21.8. The first-order chi connectivity index (χ1) is 14.1. The fourth-order valence-corrected chi connectivity index (χ4v) is 7.72. The van der Waals surface area contributed by atoms with Crippen LogP contribution >= 0.6 is 0 Å². The van der Waals surface area contributed by atoms with Crippen LogP contribution in [0.25, 0.3) is 0 Å². The first-order valence-electron chi connectivity index (χ1n) is 12.2. The van der Waals surface area contributed by atoms with Crippen LogP contribution in [0.4, 0.5) is 0 Å². The van der Waals surface area contributed by atoms with Crippen LogP contribution in [0.5, 0.6) is 0 Å². The highest BCUT2D eigenvalue weighted by Gasteiger charge is 2.63. The van der Waals surface area contributed by atoms with Gasteiger partial charge in [-0.1, -0.05) is 58.9 Å². The monoisotopic (exact) mass is 408 g/mol. The summed E-state index contributed by atoms with van der Waals surface area (Å²) in [5.74, 6) is 2.33. The molecule has 7 atom stereocenters. The minimum atomic E-state index is -0.0291. The number of ketones is 2. The van der Waals surface area contributed by atoms with Gasteiger partial charge in [0.15, 0.2) is 5.78 Å². The van der Waals surface area contributed by atoms with Crippen molar-refractivity contribution in [3.8, 4) is 0 Å². The first kappa shape index (κ1) is 21.8. The standard InChI is InChI=1S/C28H40O2/c1-17(2)18(3)10-11-19(4)26-24(30)16-22-25-21(12-14-28(22,26)6)27(5)13-8-7-9-20(27)15-23(25)29/h7,9,15,17,19,21-22,25-26H,3,8,10-14,16H2,1-2,4-6H3/t19-,21+,22+,25-,26+,27+,28+/m1/s1. The summed E-state index contributed by atoms with van der Waals surface area (Å²) in [6, 6.07) is 0. The van der Waals surface area contributed by atoms with Crippen molar-refractivity contribution < 1.29 is 9.59 Å². The minimum Gasteiger partial charge on any atom is -0.299 e. The van der Waals surface area contributed by atoms with E-state index in [2.05, 4.69) is 53.3 Å². The van der Waals surface area contributed by atoms with Crippen molar-refractivity contribution >= 4 is 11.6 Å². The van der Waals surface area contributed by atoms with Crippen LogP contribution in [-0.2, 0) is 9.59 Å². The zero-order valence-electron chi connectivity index (χ0n) is 19.7. The van der Waals surface area contributed by atoms with Crippen molar-refractivity contribution in [2.45, 2.75) is 79.6 Å². The molecule has 2 saturated carbocycles. The zero-order valence-corrected chi connectivity index (χ0v) is 19.7. The van der Waals surface area contributed by atoms with Gasteiger partial charge >= 0.3 is 0 Å². The van der Waals surface area contributed by atoms with Crippen LogP contribution in [0.3, 0.4) is 0 Å². The molecule has 0 bridgehead atoms. The van der Waals surface area contributed by atoms with Crippen molar-refractivity contribution in [3.63, 3.8) is 0 Å². The Labute approximate surface area is 183 Å². The molecular weight excluding hydrogens is 368 g/mol. The summed E-state index contributed by atoms with van der Waals surface area (Å²) < 4.78 is 0. The average molecular weight is 409 g/mol. The molecule has 4 rings (SSSR count). The SMILES string of the molecule is C=C(CC[C@@H](C)[C@H]1C(=O)C[C@H]2[C@@H]3C(=O)C=C4C=CCC[C@]4(C)[C@H]3CC[C@]12C)C(C)C. The van der Waals surface area contributed by atoms with Gasteiger partial charge in [-0.25, -0.2) is 0 Å². The number of fused-ring (bicyclic) bond motifs is 5. The van der Waals surface area contributed by atoms with Gasteiger partial charge in [0.2, 0.25) is 0 Å². The first-order valence-corrected chi connectivity index (χ1v) is 12.2. The number of carbonyl (C=O) groups is 2. The molecule has 164 valence electrons. The second-order valence-electron chi connectivity index (χ2n) is 11.6. The van der Waals surface area contributed by atoms with E-state index in [0.29, 0.717) is 35.7 Å². The second kappa shape index (κ2) is 7.61. The Bertz CT molecular complexity index is 814. The van der Waals surface area contributed by atoms with Gasteiger partial charge in [-0.3, -0.25) is 9.59 Å². The van der Waals surface area contributed by atoms with E-state index in [-0.39, 0.29) is 28.6 Å². The average Bonchev–Trinajstić information content (AvgIpc) is 2.96. The minimum absolute atomic E-state index is 0.0291. The molecular formula is C28H40O2. The Balaban J connectivity index is 1.60. The van der Waals surface area contributed by atoms with Crippen LogP contribution in [-0.4, -0.2) is 11.6 Å². The van der Waals surface area contributed by atoms with E-state index < -0.39 is 0 Å². The number of hydrogen-bond donors (Lipinski definition) is 0. The summed E-state index contributed by atoms with van der Waals surface area (Å²) in [4.78, 5) is 26.7. The van der Waals surface area contributed by atoms with Crippen molar-refractivity contribution in [2.24, 2.45) is 46.3 Å². The molecule has 2 heteroatoms. The number of carbonyl (C=O) groups excluding carboxylic acids is 2. The molecule has 0 amide bonds. The Hall–Kier alpha value is -1.44. The third-order valence-corrected chi connectivity index (χ3v) is 9.72. The van der Waals surface area contributed by atoms with E-state index in [0.717, 1.165) is 38.5 Å². The third-order valence-electron chi connectivity index (χ3n) is 9.72. The topological polar surface area (TPSA) is 34.1 Å². The second-order valence-corrected chi connectivity index (χ2v) is 11.6. The maximum Gasteiger partial charge on any atom is 0.159 e. The van der Waals surface area contributed by atoms with Crippen molar-refractivity contribution in [1.82, 2.24) is 0 Å². The Morgan fingerprint density at radius 2 is 1.90 bits per heavy atom. The number of allylic oxidation sites excluding steroid dienone is 5. The summed E-state index contributed by atoms with van der Waals surface area (Å²) in [5.41, 5.74) is 2.61. The van der Waals surface area contributed by atoms with Crippen LogP contribution in [0.2, 0.25) is 0 Å². The van der Waals surface area contributed by atoms with E-state index in [1.54, 1.807) is 0 Å². The molecule has 2 nitrogen and oxygen atoms in total. The Morgan fingerprint density at radius 1 is 1.17 bits per heavy atom. The summed E-state index contributed by atoms with van der Waals surface area (Å²) in [5, 5.41) is 0. The maximum atomic E-state index is 13.4. The molecule has 0 saturated heterocycles. The summed E-state index contributed by atoms with van der Waals surface area (Å²) in [6.07, 6.45) is 13.4. The molecule has 0 spiro atoms. The van der Waals surface area contributed by atoms with Gasteiger partial charge in [0.1, 0.15) is 5.78 Å². The maximum absolute atomic E-state index is 13.4. The summed E-state index contributed by atoms with van der Waals surface area (Å²) >= 11 is 0. The summed E-state index contributed by atoms with van der Waals surface area (Å²) in [6.45, 7) is 15.6. The highest BCUT2D eigenvalue weighted by Crippen LogP contribution is 2.65. The fourth-order valence-electron chi connectivity index (χ4n) is 7.72. The van der Waals surface area contributed by atoms with Crippen LogP contribution in [0, 0.1) is 46.3 Å². The van der Waals surface area contributed by atoms with Crippen molar-refractivity contribution in [3.05, 3.63) is 36.0 Å². The quantitative estimate of drug-likeness (QED) is 0.473. The molecule has 0 unspecified atom stereocenters. The van der Waals surface area contributed by atoms with E-state index in [9.17, 15) is 9.59 Å². The van der Waals surface area contributed by atoms with Gasteiger partial charge in [0.25, 0.3) is 0 Å². The van der Waals surface area contributed by atoms with Gasteiger partial charge in [-0.2, -0.15) is 0 Å². The van der Waals surface area contributed by atoms with Gasteiger partial charge in [0, 0.05) is 18.3 Å². The number of rotatable bonds is 5. The van der Waals surface area contributed by atoms with Gasteiger partial charge in [-0.05, 0) is 84.7 Å². The number of Topliss-reactive ketones (excluding diaryl/α,β-unsaturated/α-hetero) is 1. The smallest absolute Gasteiger partial charge is 0.159 e. The molecule has 0 N–H and O–H groups in total. The van der Waals surface area contributed by atoms with Crippen LogP contribution in [0.15, 0.2) is 36.0 Å². The third kappa shape index (κ3) is 3.21. The predicted octanol–water partition coefficient (Wildman–Crippen LogP) is 6.72. The molecule has 2 fully saturated rings.